The summed E-state index contributed by atoms with van der Waals surface area (Å²) in [7, 11) is 1.73. The molecule has 0 saturated heterocycles. The van der Waals surface area contributed by atoms with Crippen LogP contribution in [0.1, 0.15) is 47.0 Å². The van der Waals surface area contributed by atoms with Crippen LogP contribution in [0.15, 0.2) is 0 Å². The van der Waals surface area contributed by atoms with Crippen LogP contribution < -0.4 is 11.1 Å². The van der Waals surface area contributed by atoms with Crippen molar-refractivity contribution < 1.29 is 9.53 Å². The van der Waals surface area contributed by atoms with E-state index in [1.165, 1.54) is 0 Å². The summed E-state index contributed by atoms with van der Waals surface area (Å²) in [4.78, 5) is 14.4. The molecule has 1 aliphatic carbocycles. The van der Waals surface area contributed by atoms with Crippen LogP contribution in [-0.2, 0) is 9.53 Å². The summed E-state index contributed by atoms with van der Waals surface area (Å²) >= 11 is 0. The Balaban J connectivity index is 2.78. The van der Waals surface area contributed by atoms with Crippen LogP contribution in [-0.4, -0.2) is 54.7 Å². The topological polar surface area (TPSA) is 67.6 Å². The number of ether oxygens (including phenoxy) is 1. The molecule has 0 aliphatic heterocycles. The molecular formula is C15H31N3O2. The maximum Gasteiger partial charge on any atom is 0.237 e. The molecule has 1 rings (SSSR count). The van der Waals surface area contributed by atoms with Crippen LogP contribution in [0.3, 0.4) is 0 Å². The number of carbonyl (C=O) groups excluding carboxylic acids is 1. The summed E-state index contributed by atoms with van der Waals surface area (Å²) in [5.41, 5.74) is 5.13. The monoisotopic (exact) mass is 285 g/mol. The van der Waals surface area contributed by atoms with Crippen molar-refractivity contribution in [3.05, 3.63) is 0 Å². The molecule has 0 heterocycles. The lowest BCUT2D eigenvalue weighted by atomic mass is 9.95. The molecule has 1 aliphatic rings. The summed E-state index contributed by atoms with van der Waals surface area (Å²) < 4.78 is 5.26. The molecule has 3 atom stereocenters. The van der Waals surface area contributed by atoms with E-state index in [9.17, 15) is 4.79 Å². The van der Waals surface area contributed by atoms with E-state index in [1.54, 1.807) is 7.11 Å². The molecule has 118 valence electrons. The minimum atomic E-state index is -0.543. The largest absolute Gasteiger partial charge is 0.383 e. The molecule has 0 aromatic heterocycles. The number of methoxy groups -OCH3 is 1. The maximum atomic E-state index is 11.9. The summed E-state index contributed by atoms with van der Waals surface area (Å²) in [5.74, 6) is -0.218. The van der Waals surface area contributed by atoms with E-state index in [1.807, 2.05) is 0 Å². The first-order valence-corrected chi connectivity index (χ1v) is 7.68. The van der Waals surface area contributed by atoms with Crippen molar-refractivity contribution in [2.75, 3.05) is 20.3 Å². The summed E-state index contributed by atoms with van der Waals surface area (Å²) in [6, 6.07) is 1.01. The van der Waals surface area contributed by atoms with E-state index in [4.69, 9.17) is 10.5 Å². The number of nitrogens with zero attached hydrogens (tertiary/aromatic N) is 1. The number of primary amides is 1. The van der Waals surface area contributed by atoms with E-state index in [2.05, 4.69) is 37.9 Å². The highest BCUT2D eigenvalue weighted by Gasteiger charge is 2.46. The van der Waals surface area contributed by atoms with E-state index in [0.717, 1.165) is 25.8 Å². The molecule has 0 spiro atoms. The van der Waals surface area contributed by atoms with Crippen molar-refractivity contribution in [2.45, 2.75) is 70.6 Å². The van der Waals surface area contributed by atoms with Crippen LogP contribution in [0.25, 0.3) is 0 Å². The van der Waals surface area contributed by atoms with Crippen molar-refractivity contribution in [3.8, 4) is 0 Å². The van der Waals surface area contributed by atoms with Gasteiger partial charge in [0, 0.05) is 25.2 Å². The number of nitrogens with one attached hydrogen (secondary N) is 1. The number of carbonyl (C=O) groups is 1. The fourth-order valence-corrected chi connectivity index (χ4v) is 3.55. The average Bonchev–Trinajstić information content (AvgIpc) is 2.75. The maximum absolute atomic E-state index is 11.9. The highest BCUT2D eigenvalue weighted by atomic mass is 16.5. The van der Waals surface area contributed by atoms with E-state index < -0.39 is 5.54 Å². The van der Waals surface area contributed by atoms with Gasteiger partial charge in [0.05, 0.1) is 12.1 Å². The minimum Gasteiger partial charge on any atom is -0.383 e. The number of hydrogen-bond acceptors (Lipinski definition) is 4. The van der Waals surface area contributed by atoms with Crippen LogP contribution in [0.2, 0.25) is 0 Å². The molecular weight excluding hydrogens is 254 g/mol. The number of rotatable bonds is 8. The Bertz CT molecular complexity index is 322. The lowest BCUT2D eigenvalue weighted by molar-refractivity contribution is -0.124. The first-order valence-electron chi connectivity index (χ1n) is 7.68. The van der Waals surface area contributed by atoms with Gasteiger partial charge in [-0.05, 0) is 46.6 Å². The quantitative estimate of drug-likeness (QED) is 0.701. The van der Waals surface area contributed by atoms with Gasteiger partial charge in [-0.25, -0.2) is 0 Å². The molecule has 1 fully saturated rings. The molecule has 3 N–H and O–H groups in total. The lowest BCUT2D eigenvalue weighted by Gasteiger charge is -2.35. The fraction of sp³-hybridized carbons (Fsp3) is 0.933. The molecule has 1 amide bonds. The Hall–Kier alpha value is -0.650. The summed E-state index contributed by atoms with van der Waals surface area (Å²) in [6.45, 7) is 10.1. The molecule has 3 unspecified atom stereocenters. The normalized spacial score (nSPS) is 28.2. The van der Waals surface area contributed by atoms with Crippen molar-refractivity contribution >= 4 is 5.91 Å². The molecule has 5 heteroatoms. The van der Waals surface area contributed by atoms with Gasteiger partial charge in [0.25, 0.3) is 0 Å². The van der Waals surface area contributed by atoms with E-state index in [-0.39, 0.29) is 11.9 Å². The lowest BCUT2D eigenvalue weighted by Crippen LogP contribution is -2.57. The predicted octanol–water partition coefficient (Wildman–Crippen LogP) is 1.12. The second-order valence-electron chi connectivity index (χ2n) is 6.28. The van der Waals surface area contributed by atoms with Gasteiger partial charge in [-0.2, -0.15) is 0 Å². The molecule has 1 saturated carbocycles. The van der Waals surface area contributed by atoms with Gasteiger partial charge >= 0.3 is 0 Å². The number of likely N-dealkylation sites (N-methyl/N-ethyl adjacent to an activating group) is 1. The highest BCUT2D eigenvalue weighted by Crippen LogP contribution is 2.34. The van der Waals surface area contributed by atoms with Crippen molar-refractivity contribution in [2.24, 2.45) is 5.73 Å². The first-order chi connectivity index (χ1) is 9.36. The molecule has 0 aromatic carbocycles. The van der Waals surface area contributed by atoms with Gasteiger partial charge in [0.15, 0.2) is 0 Å². The summed E-state index contributed by atoms with van der Waals surface area (Å²) in [5, 5.41) is 3.40. The SMILES string of the molecule is CCN(C(C)COC)C1CCC(NC(C)C)(C(N)=O)C1. The van der Waals surface area contributed by atoms with E-state index >= 15 is 0 Å². The molecule has 0 radical (unpaired) electrons. The Morgan fingerprint density at radius 2 is 2.15 bits per heavy atom. The van der Waals surface area contributed by atoms with Crippen LogP contribution in [0.4, 0.5) is 0 Å². The zero-order valence-corrected chi connectivity index (χ0v) is 13.6. The Morgan fingerprint density at radius 3 is 2.60 bits per heavy atom. The number of hydrogen-bond donors (Lipinski definition) is 2. The van der Waals surface area contributed by atoms with Gasteiger partial charge in [-0.1, -0.05) is 6.92 Å². The Morgan fingerprint density at radius 1 is 1.50 bits per heavy atom. The van der Waals surface area contributed by atoms with Crippen LogP contribution in [0.5, 0.6) is 0 Å². The molecule has 20 heavy (non-hydrogen) atoms. The van der Waals surface area contributed by atoms with Crippen molar-refractivity contribution in [1.82, 2.24) is 10.2 Å². The zero-order chi connectivity index (χ0) is 15.3. The molecule has 0 bridgehead atoms. The van der Waals surface area contributed by atoms with Crippen molar-refractivity contribution in [1.29, 1.82) is 0 Å². The third-order valence-electron chi connectivity index (χ3n) is 4.33. The third-order valence-corrected chi connectivity index (χ3v) is 4.33. The highest BCUT2D eigenvalue weighted by molar-refractivity contribution is 5.85. The van der Waals surface area contributed by atoms with Gasteiger partial charge in [0.1, 0.15) is 0 Å². The molecule has 5 nitrogen and oxygen atoms in total. The second kappa shape index (κ2) is 7.38. The first kappa shape index (κ1) is 17.4. The van der Waals surface area contributed by atoms with Gasteiger partial charge in [-0.15, -0.1) is 0 Å². The van der Waals surface area contributed by atoms with Gasteiger partial charge in [-0.3, -0.25) is 9.69 Å². The van der Waals surface area contributed by atoms with Crippen molar-refractivity contribution in [3.63, 3.8) is 0 Å². The molecule has 0 aromatic rings. The smallest absolute Gasteiger partial charge is 0.237 e. The van der Waals surface area contributed by atoms with Gasteiger partial charge in [0.2, 0.25) is 5.91 Å². The third kappa shape index (κ3) is 3.93. The standard InChI is InChI=1S/C15H31N3O2/c1-6-18(12(4)10-20-5)13-7-8-15(9-13,14(16)19)17-11(2)3/h11-13,17H,6-10H2,1-5H3,(H2,16,19). The Labute approximate surface area is 123 Å². The predicted molar refractivity (Wildman–Crippen MR) is 81.6 cm³/mol. The average molecular weight is 285 g/mol. The van der Waals surface area contributed by atoms with Gasteiger partial charge < -0.3 is 15.8 Å². The Kier molecular flexibility index (Phi) is 6.43. The fourth-order valence-electron chi connectivity index (χ4n) is 3.55. The zero-order valence-electron chi connectivity index (χ0n) is 13.6. The number of amides is 1. The second-order valence-corrected chi connectivity index (χ2v) is 6.28. The van der Waals surface area contributed by atoms with Crippen LogP contribution >= 0.6 is 0 Å². The van der Waals surface area contributed by atoms with Crippen LogP contribution in [0, 0.1) is 0 Å². The minimum absolute atomic E-state index is 0.218. The summed E-state index contributed by atoms with van der Waals surface area (Å²) in [6.07, 6.45) is 2.62. The van der Waals surface area contributed by atoms with E-state index in [0.29, 0.717) is 18.7 Å². The number of nitrogens with two attached hydrogens (primary N) is 1.